The second-order valence-corrected chi connectivity index (χ2v) is 20.4. The molecule has 1 amide bonds. The lowest BCUT2D eigenvalue weighted by molar-refractivity contribution is -0.359. The summed E-state index contributed by atoms with van der Waals surface area (Å²) in [5, 5.41) is 86.8. The molecule has 2 heterocycles. The fourth-order valence-corrected chi connectivity index (χ4v) is 8.99. The van der Waals surface area contributed by atoms with Gasteiger partial charge < -0.3 is 65.1 Å². The van der Waals surface area contributed by atoms with Gasteiger partial charge in [-0.15, -0.1) is 0 Å². The third-order valence-corrected chi connectivity index (χ3v) is 13.8. The van der Waals surface area contributed by atoms with E-state index in [1.807, 2.05) is 0 Å². The van der Waals surface area contributed by atoms with Gasteiger partial charge in [-0.05, 0) is 83.5 Å². The monoisotopic (exact) mass is 1080 g/mol. The van der Waals surface area contributed by atoms with Crippen LogP contribution in [0, 0.1) is 0 Å². The van der Waals surface area contributed by atoms with Crippen LogP contribution in [0.2, 0.25) is 0 Å². The van der Waals surface area contributed by atoms with Crippen molar-refractivity contribution in [2.24, 2.45) is 0 Å². The van der Waals surface area contributed by atoms with Gasteiger partial charge in [-0.3, -0.25) is 4.79 Å². The number of hydrogen-bond acceptors (Lipinski definition) is 13. The van der Waals surface area contributed by atoms with E-state index < -0.39 is 86.8 Å². The maximum absolute atomic E-state index is 13.2. The van der Waals surface area contributed by atoms with Crippen LogP contribution in [-0.4, -0.2) is 140 Å². The number of unbranched alkanes of at least 4 members (excludes halogenated alkanes) is 14. The second kappa shape index (κ2) is 47.5. The Balaban J connectivity index is 1.63. The molecule has 2 saturated heterocycles. The van der Waals surface area contributed by atoms with Crippen LogP contribution in [0.4, 0.5) is 0 Å². The molecule has 12 atom stereocenters. The SMILES string of the molecule is CC/C=C\C/C=C\C/C=C\C/C=C\C/C=C\C/C=C\C/C=C\C/C=C\C/C=C\CCCCCCCCCC(=O)NC(COC1OC(CO)C(OC2OC(CO)C(O)C(O)C2O)C(O)C1O)C(O)CCCCCCCCCC. The summed E-state index contributed by atoms with van der Waals surface area (Å²) < 4.78 is 22.7. The minimum absolute atomic E-state index is 0.227. The van der Waals surface area contributed by atoms with Gasteiger partial charge in [0.2, 0.25) is 5.91 Å². The number of hydrogen-bond donors (Lipinski definition) is 9. The minimum Gasteiger partial charge on any atom is -0.394 e. The molecule has 14 nitrogen and oxygen atoms in total. The van der Waals surface area contributed by atoms with Gasteiger partial charge >= 0.3 is 0 Å². The van der Waals surface area contributed by atoms with Crippen molar-refractivity contribution >= 4 is 5.91 Å². The molecule has 2 fully saturated rings. The third kappa shape index (κ3) is 33.1. The predicted molar refractivity (Wildman–Crippen MR) is 309 cm³/mol. The third-order valence-electron chi connectivity index (χ3n) is 13.8. The average molecular weight is 1080 g/mol. The van der Waals surface area contributed by atoms with Gasteiger partial charge in [-0.2, -0.15) is 0 Å². The highest BCUT2D eigenvalue weighted by molar-refractivity contribution is 5.76. The quantitative estimate of drug-likeness (QED) is 0.0205. The number of ether oxygens (including phenoxy) is 4. The summed E-state index contributed by atoms with van der Waals surface area (Å²) in [7, 11) is 0. The first-order valence-electron chi connectivity index (χ1n) is 29.6. The maximum Gasteiger partial charge on any atom is 0.220 e. The van der Waals surface area contributed by atoms with Crippen LogP contribution in [-0.2, 0) is 23.7 Å². The minimum atomic E-state index is -1.79. The number of allylic oxidation sites excluding steroid dienone is 18. The number of rotatable bonds is 45. The zero-order valence-electron chi connectivity index (χ0n) is 47.2. The van der Waals surface area contributed by atoms with Crippen molar-refractivity contribution in [1.82, 2.24) is 5.32 Å². The van der Waals surface area contributed by atoms with E-state index in [-0.39, 0.29) is 18.9 Å². The number of carbonyl (C=O) groups is 1. The van der Waals surface area contributed by atoms with E-state index in [0.717, 1.165) is 122 Å². The molecule has 2 aliphatic rings. The molecule has 14 heteroatoms. The summed E-state index contributed by atoms with van der Waals surface area (Å²) in [4.78, 5) is 13.2. The van der Waals surface area contributed by atoms with Crippen molar-refractivity contribution < 1.29 is 64.6 Å². The Kier molecular flexibility index (Phi) is 43.0. The molecular weight excluding hydrogens is 979 g/mol. The van der Waals surface area contributed by atoms with Gasteiger partial charge in [0.15, 0.2) is 12.6 Å². The topological polar surface area (TPSA) is 228 Å². The largest absolute Gasteiger partial charge is 0.394 e. The molecule has 9 N–H and O–H groups in total. The molecule has 0 aliphatic carbocycles. The molecule has 0 radical (unpaired) electrons. The van der Waals surface area contributed by atoms with E-state index in [1.54, 1.807) is 0 Å². The van der Waals surface area contributed by atoms with Crippen LogP contribution in [0.15, 0.2) is 109 Å². The van der Waals surface area contributed by atoms with E-state index in [4.69, 9.17) is 18.9 Å². The number of carbonyl (C=O) groups excluding carboxylic acids is 1. The number of amides is 1. The molecule has 77 heavy (non-hydrogen) atoms. The maximum atomic E-state index is 13.2. The molecule has 0 bridgehead atoms. The van der Waals surface area contributed by atoms with Gasteiger partial charge in [0, 0.05) is 6.42 Å². The zero-order chi connectivity index (χ0) is 56.0. The normalized spacial score (nSPS) is 25.5. The van der Waals surface area contributed by atoms with Crippen molar-refractivity contribution in [2.75, 3.05) is 19.8 Å². The number of aliphatic hydroxyl groups is 8. The standard InChI is InChI=1S/C63H105NO13/c1-3-5-7-9-11-13-14-15-16-17-18-19-20-21-22-23-24-25-26-27-28-29-30-31-32-33-34-35-36-37-38-39-41-43-45-47-55(68)64-51(52(67)46-44-42-40-12-10-8-6-4-2)50-74-62-60(73)58(71)61(54(49-66)76-62)77-63-59(72)57(70)56(69)53(48-65)75-63/h5,7,11,13,15-16,18-19,21-22,24-25,27-28,30-31,33-34,51-54,56-63,65-67,69-73H,3-4,6,8-10,12,14,17,20,23,26,29,32,35-50H2,1-2H3,(H,64,68)/b7-5-,13-11-,16-15-,19-18-,22-21-,25-24-,28-27-,31-30-,34-33-. The van der Waals surface area contributed by atoms with Gasteiger partial charge in [0.1, 0.15) is 48.8 Å². The first-order valence-corrected chi connectivity index (χ1v) is 29.6. The Morgan fingerprint density at radius 1 is 0.481 bits per heavy atom. The van der Waals surface area contributed by atoms with Gasteiger partial charge in [-0.25, -0.2) is 0 Å². The second-order valence-electron chi connectivity index (χ2n) is 20.4. The fraction of sp³-hybridized carbons (Fsp3) is 0.698. The Bertz CT molecular complexity index is 1700. The van der Waals surface area contributed by atoms with Gasteiger partial charge in [0.25, 0.3) is 0 Å². The van der Waals surface area contributed by atoms with Crippen molar-refractivity contribution in [3.8, 4) is 0 Å². The zero-order valence-corrected chi connectivity index (χ0v) is 47.2. The van der Waals surface area contributed by atoms with Crippen LogP contribution < -0.4 is 5.32 Å². The van der Waals surface area contributed by atoms with Crippen molar-refractivity contribution in [3.63, 3.8) is 0 Å². The summed E-state index contributed by atoms with van der Waals surface area (Å²) >= 11 is 0. The van der Waals surface area contributed by atoms with E-state index >= 15 is 0 Å². The molecule has 440 valence electrons. The van der Waals surface area contributed by atoms with E-state index in [2.05, 4.69) is 129 Å². The van der Waals surface area contributed by atoms with Crippen LogP contribution >= 0.6 is 0 Å². The van der Waals surface area contributed by atoms with Crippen molar-refractivity contribution in [1.29, 1.82) is 0 Å². The van der Waals surface area contributed by atoms with E-state index in [1.165, 1.54) is 32.1 Å². The molecule has 0 saturated carbocycles. The summed E-state index contributed by atoms with van der Waals surface area (Å²) in [6.45, 7) is 2.67. The van der Waals surface area contributed by atoms with Crippen LogP contribution in [0.5, 0.6) is 0 Å². The van der Waals surface area contributed by atoms with Gasteiger partial charge in [0.05, 0.1) is 32.0 Å². The Labute approximate surface area is 464 Å². The smallest absolute Gasteiger partial charge is 0.220 e. The lowest BCUT2D eigenvalue weighted by atomic mass is 9.97. The highest BCUT2D eigenvalue weighted by Gasteiger charge is 2.51. The molecule has 0 aromatic carbocycles. The Morgan fingerprint density at radius 2 is 0.896 bits per heavy atom. The number of nitrogens with one attached hydrogen (secondary N) is 1. The first-order chi connectivity index (χ1) is 37.6. The Hall–Kier alpha value is -3.35. The lowest BCUT2D eigenvalue weighted by Crippen LogP contribution is -2.65. The predicted octanol–water partition coefficient (Wildman–Crippen LogP) is 10.1. The Morgan fingerprint density at radius 3 is 1.38 bits per heavy atom. The molecular formula is C63H105NO13. The van der Waals surface area contributed by atoms with Crippen LogP contribution in [0.3, 0.4) is 0 Å². The first kappa shape index (κ1) is 69.8. The van der Waals surface area contributed by atoms with E-state index in [9.17, 15) is 45.6 Å². The van der Waals surface area contributed by atoms with Gasteiger partial charge in [-0.1, -0.05) is 207 Å². The number of aliphatic hydroxyl groups excluding tert-OH is 8. The molecule has 0 aromatic rings. The molecule has 0 spiro atoms. The fourth-order valence-electron chi connectivity index (χ4n) is 8.99. The molecule has 2 aliphatic heterocycles. The van der Waals surface area contributed by atoms with Crippen molar-refractivity contribution in [2.45, 2.75) is 261 Å². The highest BCUT2D eigenvalue weighted by atomic mass is 16.7. The van der Waals surface area contributed by atoms with Crippen LogP contribution in [0.25, 0.3) is 0 Å². The van der Waals surface area contributed by atoms with E-state index in [0.29, 0.717) is 12.8 Å². The summed E-state index contributed by atoms with van der Waals surface area (Å²) in [5.74, 6) is -0.227. The lowest BCUT2D eigenvalue weighted by Gasteiger charge is -2.46. The average Bonchev–Trinajstić information content (AvgIpc) is 3.44. The van der Waals surface area contributed by atoms with Crippen molar-refractivity contribution in [3.05, 3.63) is 109 Å². The summed E-state index contributed by atoms with van der Waals surface area (Å²) in [6, 6.07) is -0.840. The van der Waals surface area contributed by atoms with Crippen LogP contribution in [0.1, 0.15) is 187 Å². The molecule has 2 rings (SSSR count). The highest BCUT2D eigenvalue weighted by Crippen LogP contribution is 2.30. The molecule has 12 unspecified atom stereocenters. The summed E-state index contributed by atoms with van der Waals surface area (Å²) in [6.07, 6.45) is 49.8. The summed E-state index contributed by atoms with van der Waals surface area (Å²) in [5.41, 5.74) is 0. The molecule has 0 aromatic heterocycles.